The van der Waals surface area contributed by atoms with Gasteiger partial charge in [0.2, 0.25) is 0 Å². The number of nitrogen functional groups attached to an aromatic ring is 1. The van der Waals surface area contributed by atoms with Crippen LogP contribution in [0.1, 0.15) is 37.5 Å². The summed E-state index contributed by atoms with van der Waals surface area (Å²) < 4.78 is 19.8. The van der Waals surface area contributed by atoms with Crippen molar-refractivity contribution in [2.75, 3.05) is 29.9 Å². The number of nitrogens with two attached hydrogens (primary N) is 1. The second kappa shape index (κ2) is 12.3. The number of urea groups is 1. The van der Waals surface area contributed by atoms with Gasteiger partial charge in [-0.05, 0) is 69.7 Å². The number of anilines is 2. The molecule has 0 aliphatic carbocycles. The maximum Gasteiger partial charge on any atom is 0.325 e. The van der Waals surface area contributed by atoms with Gasteiger partial charge in [-0.25, -0.2) is 9.18 Å². The summed E-state index contributed by atoms with van der Waals surface area (Å²) in [7, 11) is 0. The van der Waals surface area contributed by atoms with Gasteiger partial charge in [-0.1, -0.05) is 11.8 Å². The predicted molar refractivity (Wildman–Crippen MR) is 132 cm³/mol. The number of halogens is 1. The Morgan fingerprint density at radius 2 is 1.91 bits per heavy atom. The van der Waals surface area contributed by atoms with E-state index in [9.17, 15) is 14.0 Å². The molecule has 0 fully saturated rings. The zero-order valence-corrected chi connectivity index (χ0v) is 19.8. The summed E-state index contributed by atoms with van der Waals surface area (Å²) in [5.41, 5.74) is 8.21. The van der Waals surface area contributed by atoms with Crippen molar-refractivity contribution in [2.24, 2.45) is 5.73 Å². The second-order valence-electron chi connectivity index (χ2n) is 7.69. The highest BCUT2D eigenvalue weighted by Gasteiger charge is 2.23. The van der Waals surface area contributed by atoms with Crippen LogP contribution in [0, 0.1) is 30.0 Å². The van der Waals surface area contributed by atoms with Gasteiger partial charge in [0.1, 0.15) is 18.2 Å². The minimum Gasteiger partial charge on any atom is -0.465 e. The molecule has 2 rings (SSSR count). The van der Waals surface area contributed by atoms with Crippen LogP contribution in [0.4, 0.5) is 20.6 Å². The molecule has 0 radical (unpaired) electrons. The Hall–Kier alpha value is -4.06. The van der Waals surface area contributed by atoms with E-state index in [2.05, 4.69) is 22.5 Å². The van der Waals surface area contributed by atoms with E-state index in [1.54, 1.807) is 58.0 Å². The zero-order chi connectivity index (χ0) is 25.3. The van der Waals surface area contributed by atoms with Crippen molar-refractivity contribution in [2.45, 2.75) is 33.7 Å². The summed E-state index contributed by atoms with van der Waals surface area (Å²) in [5.74, 6) is 4.74. The van der Waals surface area contributed by atoms with Gasteiger partial charge < -0.3 is 21.1 Å². The summed E-state index contributed by atoms with van der Waals surface area (Å²) >= 11 is 0. The number of carbonyl (C=O) groups is 2. The van der Waals surface area contributed by atoms with Gasteiger partial charge >= 0.3 is 12.0 Å². The molecule has 0 aromatic heterocycles. The standard InChI is InChI=1S/C25H30FN5O3/c1-5-34-23(32)15-30-25(33)31(16(2)3)22-13-17(4)19(14-21(22)26)7-6-12-29-20-10-8-18(9-11-20)24(27)28/h8-11,13-14,16,29H,5,12,15H2,1-4H3,(H3,27,28)(H,30,33). The summed E-state index contributed by atoms with van der Waals surface area (Å²) in [4.78, 5) is 25.4. The van der Waals surface area contributed by atoms with Crippen molar-refractivity contribution in [3.05, 3.63) is 58.9 Å². The van der Waals surface area contributed by atoms with Gasteiger partial charge in [0.05, 0.1) is 18.8 Å². The minimum atomic E-state index is -0.597. The van der Waals surface area contributed by atoms with Gasteiger partial charge in [-0.2, -0.15) is 0 Å². The first-order valence-corrected chi connectivity index (χ1v) is 10.8. The van der Waals surface area contributed by atoms with E-state index in [0.717, 1.165) is 5.69 Å². The van der Waals surface area contributed by atoms with Crippen molar-refractivity contribution >= 4 is 29.2 Å². The van der Waals surface area contributed by atoms with Crippen LogP contribution in [0.25, 0.3) is 0 Å². The minimum absolute atomic E-state index is 0.000183. The molecule has 34 heavy (non-hydrogen) atoms. The van der Waals surface area contributed by atoms with E-state index in [-0.39, 0.29) is 30.7 Å². The third-order valence-corrected chi connectivity index (χ3v) is 4.78. The SMILES string of the molecule is CCOC(=O)CNC(=O)N(c1cc(C)c(C#CCNc2ccc(C(=N)N)cc2)cc1F)C(C)C. The Morgan fingerprint density at radius 3 is 2.50 bits per heavy atom. The predicted octanol–water partition coefficient (Wildman–Crippen LogP) is 3.37. The van der Waals surface area contributed by atoms with Crippen LogP contribution in [-0.2, 0) is 9.53 Å². The van der Waals surface area contributed by atoms with Crippen LogP contribution in [-0.4, -0.2) is 43.6 Å². The van der Waals surface area contributed by atoms with Crippen molar-refractivity contribution in [1.82, 2.24) is 5.32 Å². The number of hydrogen-bond acceptors (Lipinski definition) is 5. The summed E-state index contributed by atoms with van der Waals surface area (Å²) in [5, 5.41) is 13.0. The molecule has 5 N–H and O–H groups in total. The van der Waals surface area contributed by atoms with E-state index in [1.807, 2.05) is 0 Å². The fourth-order valence-electron chi connectivity index (χ4n) is 3.11. The molecule has 0 atom stereocenters. The van der Waals surface area contributed by atoms with Crippen molar-refractivity contribution in [3.8, 4) is 11.8 Å². The molecule has 0 saturated heterocycles. The van der Waals surface area contributed by atoms with Crippen LogP contribution < -0.4 is 21.3 Å². The van der Waals surface area contributed by atoms with Gasteiger partial charge in [-0.15, -0.1) is 0 Å². The van der Waals surface area contributed by atoms with Crippen LogP contribution in [0.15, 0.2) is 36.4 Å². The van der Waals surface area contributed by atoms with Gasteiger partial charge in [-0.3, -0.25) is 15.1 Å². The van der Waals surface area contributed by atoms with E-state index in [0.29, 0.717) is 23.2 Å². The molecule has 2 aromatic rings. The number of nitrogens with one attached hydrogen (secondary N) is 3. The van der Waals surface area contributed by atoms with E-state index >= 15 is 0 Å². The highest BCUT2D eigenvalue weighted by atomic mass is 19.1. The van der Waals surface area contributed by atoms with Crippen molar-refractivity contribution in [1.29, 1.82) is 5.41 Å². The highest BCUT2D eigenvalue weighted by Crippen LogP contribution is 2.25. The van der Waals surface area contributed by atoms with Crippen LogP contribution in [0.3, 0.4) is 0 Å². The number of carbonyl (C=O) groups excluding carboxylic acids is 2. The molecule has 9 heteroatoms. The molecular weight excluding hydrogens is 437 g/mol. The molecule has 0 unspecified atom stereocenters. The number of hydrogen-bond donors (Lipinski definition) is 4. The number of ether oxygens (including phenoxy) is 1. The lowest BCUT2D eigenvalue weighted by Gasteiger charge is -2.27. The number of rotatable bonds is 8. The lowest BCUT2D eigenvalue weighted by molar-refractivity contribution is -0.141. The molecule has 0 aliphatic heterocycles. The largest absolute Gasteiger partial charge is 0.465 e. The molecule has 2 aromatic carbocycles. The number of amidine groups is 1. The lowest BCUT2D eigenvalue weighted by Crippen LogP contribution is -2.46. The number of benzene rings is 2. The van der Waals surface area contributed by atoms with Gasteiger partial charge in [0, 0.05) is 22.9 Å². The normalized spacial score (nSPS) is 10.2. The number of nitrogens with zero attached hydrogens (tertiary/aromatic N) is 1. The quantitative estimate of drug-likeness (QED) is 0.205. The molecule has 0 bridgehead atoms. The first-order chi connectivity index (χ1) is 16.1. The van der Waals surface area contributed by atoms with Crippen LogP contribution >= 0.6 is 0 Å². The average Bonchev–Trinajstić information content (AvgIpc) is 2.78. The van der Waals surface area contributed by atoms with Crippen LogP contribution in [0.5, 0.6) is 0 Å². The maximum absolute atomic E-state index is 15.0. The first-order valence-electron chi connectivity index (χ1n) is 10.8. The smallest absolute Gasteiger partial charge is 0.325 e. The third kappa shape index (κ3) is 7.24. The molecule has 0 aliphatic rings. The van der Waals surface area contributed by atoms with Crippen molar-refractivity contribution < 1.29 is 18.7 Å². The maximum atomic E-state index is 15.0. The van der Waals surface area contributed by atoms with Gasteiger partial charge in [0.15, 0.2) is 0 Å². The molecule has 2 amide bonds. The molecule has 0 heterocycles. The molecule has 0 saturated carbocycles. The second-order valence-corrected chi connectivity index (χ2v) is 7.69. The van der Waals surface area contributed by atoms with Crippen LogP contribution in [0.2, 0.25) is 0 Å². The number of aryl methyl sites for hydroxylation is 1. The molecule has 180 valence electrons. The third-order valence-electron chi connectivity index (χ3n) is 4.78. The Bertz CT molecular complexity index is 1100. The Labute approximate surface area is 199 Å². The average molecular weight is 468 g/mol. The van der Waals surface area contributed by atoms with Gasteiger partial charge in [0.25, 0.3) is 0 Å². The lowest BCUT2D eigenvalue weighted by atomic mass is 10.1. The molecule has 0 spiro atoms. The van der Waals surface area contributed by atoms with E-state index in [4.69, 9.17) is 15.9 Å². The fraction of sp³-hybridized carbons (Fsp3) is 0.320. The number of amides is 2. The Kier molecular flexibility index (Phi) is 9.44. The Morgan fingerprint density at radius 1 is 1.24 bits per heavy atom. The zero-order valence-electron chi connectivity index (χ0n) is 19.8. The molecular formula is C25H30FN5O3. The van der Waals surface area contributed by atoms with E-state index < -0.39 is 17.8 Å². The Balaban J connectivity index is 2.11. The highest BCUT2D eigenvalue weighted by molar-refractivity contribution is 5.95. The van der Waals surface area contributed by atoms with Crippen molar-refractivity contribution in [3.63, 3.8) is 0 Å². The summed E-state index contributed by atoms with van der Waals surface area (Å²) in [6.07, 6.45) is 0. The summed E-state index contributed by atoms with van der Waals surface area (Å²) in [6, 6.07) is 8.98. The first kappa shape index (κ1) is 26.2. The van der Waals surface area contributed by atoms with E-state index in [1.165, 1.54) is 11.0 Å². The molecule has 8 nitrogen and oxygen atoms in total. The summed E-state index contributed by atoms with van der Waals surface area (Å²) in [6.45, 7) is 7.20. The topological polar surface area (TPSA) is 121 Å². The fourth-order valence-corrected chi connectivity index (χ4v) is 3.11. The monoisotopic (exact) mass is 467 g/mol. The number of esters is 1.